The van der Waals surface area contributed by atoms with Crippen LogP contribution in [0.15, 0.2) is 60.7 Å². The lowest BCUT2D eigenvalue weighted by Gasteiger charge is -2.17. The third-order valence-electron chi connectivity index (χ3n) is 3.85. The minimum absolute atomic E-state index is 0.0409. The van der Waals surface area contributed by atoms with E-state index in [1.807, 2.05) is 36.4 Å². The van der Waals surface area contributed by atoms with Gasteiger partial charge in [-0.1, -0.05) is 48.5 Å². The van der Waals surface area contributed by atoms with Crippen molar-refractivity contribution in [1.82, 2.24) is 0 Å². The summed E-state index contributed by atoms with van der Waals surface area (Å²) >= 11 is 0. The zero-order valence-electron chi connectivity index (χ0n) is 12.0. The SMILES string of the molecule is O=C(/C=C/c1ccc(N2CCCC2)cc1)c1ccccc1. The predicted octanol–water partition coefficient (Wildman–Crippen LogP) is 4.18. The Morgan fingerprint density at radius 2 is 1.57 bits per heavy atom. The molecule has 2 aromatic rings. The van der Waals surface area contributed by atoms with Crippen molar-refractivity contribution in [2.24, 2.45) is 0 Å². The maximum Gasteiger partial charge on any atom is 0.185 e. The molecule has 1 heterocycles. The number of ketones is 1. The van der Waals surface area contributed by atoms with Crippen LogP contribution in [-0.4, -0.2) is 18.9 Å². The van der Waals surface area contributed by atoms with Gasteiger partial charge in [-0.15, -0.1) is 0 Å². The van der Waals surface area contributed by atoms with Gasteiger partial charge in [-0.25, -0.2) is 0 Å². The van der Waals surface area contributed by atoms with Crippen LogP contribution < -0.4 is 4.90 Å². The fourth-order valence-corrected chi connectivity index (χ4v) is 2.64. The number of rotatable bonds is 4. The topological polar surface area (TPSA) is 20.3 Å². The van der Waals surface area contributed by atoms with E-state index in [0.29, 0.717) is 0 Å². The van der Waals surface area contributed by atoms with Gasteiger partial charge in [-0.2, -0.15) is 0 Å². The molecule has 0 bridgehead atoms. The van der Waals surface area contributed by atoms with Crippen molar-refractivity contribution in [2.75, 3.05) is 18.0 Å². The first-order chi connectivity index (χ1) is 10.3. The van der Waals surface area contributed by atoms with Crippen LogP contribution in [0.3, 0.4) is 0 Å². The molecule has 2 nitrogen and oxygen atoms in total. The molecule has 21 heavy (non-hydrogen) atoms. The number of hydrogen-bond acceptors (Lipinski definition) is 2. The van der Waals surface area contributed by atoms with Crippen LogP contribution in [-0.2, 0) is 0 Å². The zero-order chi connectivity index (χ0) is 14.5. The molecule has 3 rings (SSSR count). The molecule has 2 aromatic carbocycles. The van der Waals surface area contributed by atoms with Crippen molar-refractivity contribution >= 4 is 17.5 Å². The molecule has 106 valence electrons. The van der Waals surface area contributed by atoms with Crippen molar-refractivity contribution in [3.05, 3.63) is 71.8 Å². The van der Waals surface area contributed by atoms with E-state index in [-0.39, 0.29) is 5.78 Å². The molecule has 0 spiro atoms. The van der Waals surface area contributed by atoms with Gasteiger partial charge in [0.15, 0.2) is 5.78 Å². The van der Waals surface area contributed by atoms with Crippen LogP contribution in [0.25, 0.3) is 6.08 Å². The lowest BCUT2D eigenvalue weighted by molar-refractivity contribution is 0.104. The zero-order valence-corrected chi connectivity index (χ0v) is 12.0. The molecule has 1 aliphatic rings. The summed E-state index contributed by atoms with van der Waals surface area (Å²) in [6, 6.07) is 17.8. The van der Waals surface area contributed by atoms with E-state index in [4.69, 9.17) is 0 Å². The second kappa shape index (κ2) is 6.40. The Balaban J connectivity index is 1.67. The summed E-state index contributed by atoms with van der Waals surface area (Å²) < 4.78 is 0. The molecule has 0 N–H and O–H groups in total. The van der Waals surface area contributed by atoms with Crippen LogP contribution in [0.1, 0.15) is 28.8 Å². The van der Waals surface area contributed by atoms with Crippen molar-refractivity contribution in [2.45, 2.75) is 12.8 Å². The number of benzene rings is 2. The molecular weight excluding hydrogens is 258 g/mol. The summed E-state index contributed by atoms with van der Waals surface area (Å²) in [5, 5.41) is 0. The first-order valence-electron chi connectivity index (χ1n) is 7.45. The Hall–Kier alpha value is -2.35. The van der Waals surface area contributed by atoms with Crippen LogP contribution in [0.5, 0.6) is 0 Å². The molecule has 1 fully saturated rings. The number of carbonyl (C=O) groups excluding carboxylic acids is 1. The molecule has 0 amide bonds. The highest BCUT2D eigenvalue weighted by Gasteiger charge is 2.11. The Labute approximate surface area is 125 Å². The highest BCUT2D eigenvalue weighted by Crippen LogP contribution is 2.20. The molecule has 0 radical (unpaired) electrons. The fourth-order valence-electron chi connectivity index (χ4n) is 2.64. The van der Waals surface area contributed by atoms with Gasteiger partial charge < -0.3 is 4.90 Å². The minimum Gasteiger partial charge on any atom is -0.372 e. The maximum absolute atomic E-state index is 12.0. The Morgan fingerprint density at radius 3 is 2.24 bits per heavy atom. The second-order valence-corrected chi connectivity index (χ2v) is 5.35. The molecule has 0 unspecified atom stereocenters. The summed E-state index contributed by atoms with van der Waals surface area (Å²) in [5.74, 6) is 0.0409. The second-order valence-electron chi connectivity index (χ2n) is 5.35. The van der Waals surface area contributed by atoms with Gasteiger partial charge in [-0.3, -0.25) is 4.79 Å². The number of carbonyl (C=O) groups is 1. The van der Waals surface area contributed by atoms with E-state index >= 15 is 0 Å². The average molecular weight is 277 g/mol. The number of hydrogen-bond donors (Lipinski definition) is 0. The van der Waals surface area contributed by atoms with Gasteiger partial charge in [0, 0.05) is 24.3 Å². The van der Waals surface area contributed by atoms with Gasteiger partial charge in [0.05, 0.1) is 0 Å². The van der Waals surface area contributed by atoms with Gasteiger partial charge in [0.25, 0.3) is 0 Å². The average Bonchev–Trinajstić information content (AvgIpc) is 3.08. The highest BCUT2D eigenvalue weighted by atomic mass is 16.1. The standard InChI is InChI=1S/C19H19NO/c21-19(17-6-2-1-3-7-17)13-10-16-8-11-18(12-9-16)20-14-4-5-15-20/h1-3,6-13H,4-5,14-15H2/b13-10+. The largest absolute Gasteiger partial charge is 0.372 e. The van der Waals surface area contributed by atoms with Gasteiger partial charge in [0.1, 0.15) is 0 Å². The van der Waals surface area contributed by atoms with Crippen molar-refractivity contribution in [3.63, 3.8) is 0 Å². The summed E-state index contributed by atoms with van der Waals surface area (Å²) in [4.78, 5) is 14.4. The smallest absolute Gasteiger partial charge is 0.185 e. The van der Waals surface area contributed by atoms with Crippen LogP contribution >= 0.6 is 0 Å². The Bertz CT molecular complexity index is 622. The van der Waals surface area contributed by atoms with Gasteiger partial charge in [0.2, 0.25) is 0 Å². The van der Waals surface area contributed by atoms with E-state index in [0.717, 1.165) is 24.2 Å². The quantitative estimate of drug-likeness (QED) is 0.617. The molecule has 0 aliphatic carbocycles. The Morgan fingerprint density at radius 1 is 0.905 bits per heavy atom. The lowest BCUT2D eigenvalue weighted by atomic mass is 10.1. The summed E-state index contributed by atoms with van der Waals surface area (Å²) in [6.07, 6.45) is 6.09. The van der Waals surface area contributed by atoms with Crippen LogP contribution in [0.2, 0.25) is 0 Å². The van der Waals surface area contributed by atoms with E-state index in [2.05, 4.69) is 29.2 Å². The fraction of sp³-hybridized carbons (Fsp3) is 0.211. The van der Waals surface area contributed by atoms with Crippen LogP contribution in [0, 0.1) is 0 Å². The molecule has 1 aliphatic heterocycles. The summed E-state index contributed by atoms with van der Waals surface area (Å²) in [5.41, 5.74) is 3.06. The third-order valence-corrected chi connectivity index (χ3v) is 3.85. The molecular formula is C19H19NO. The van der Waals surface area contributed by atoms with E-state index < -0.39 is 0 Å². The third kappa shape index (κ3) is 3.40. The van der Waals surface area contributed by atoms with Gasteiger partial charge >= 0.3 is 0 Å². The molecule has 0 aromatic heterocycles. The first-order valence-corrected chi connectivity index (χ1v) is 7.45. The van der Waals surface area contributed by atoms with Crippen molar-refractivity contribution in [1.29, 1.82) is 0 Å². The van der Waals surface area contributed by atoms with E-state index in [1.165, 1.54) is 18.5 Å². The first kappa shape index (κ1) is 13.6. The monoisotopic (exact) mass is 277 g/mol. The van der Waals surface area contributed by atoms with E-state index in [9.17, 15) is 4.79 Å². The summed E-state index contributed by atoms with van der Waals surface area (Å²) in [7, 11) is 0. The molecule has 2 heteroatoms. The van der Waals surface area contributed by atoms with Crippen LogP contribution in [0.4, 0.5) is 5.69 Å². The predicted molar refractivity (Wildman–Crippen MR) is 87.7 cm³/mol. The summed E-state index contributed by atoms with van der Waals surface area (Å²) in [6.45, 7) is 2.31. The molecule has 1 saturated heterocycles. The highest BCUT2D eigenvalue weighted by molar-refractivity contribution is 6.06. The number of anilines is 1. The van der Waals surface area contributed by atoms with Gasteiger partial charge in [-0.05, 0) is 36.6 Å². The number of allylic oxidation sites excluding steroid dienone is 1. The molecule has 0 atom stereocenters. The lowest BCUT2D eigenvalue weighted by Crippen LogP contribution is -2.17. The normalized spacial score (nSPS) is 14.8. The Kier molecular flexibility index (Phi) is 4.15. The van der Waals surface area contributed by atoms with Crippen molar-refractivity contribution < 1.29 is 4.79 Å². The van der Waals surface area contributed by atoms with Crippen molar-refractivity contribution in [3.8, 4) is 0 Å². The molecule has 0 saturated carbocycles. The number of nitrogens with zero attached hydrogens (tertiary/aromatic N) is 1. The van der Waals surface area contributed by atoms with E-state index in [1.54, 1.807) is 6.08 Å². The maximum atomic E-state index is 12.0. The minimum atomic E-state index is 0.0409.